The first kappa shape index (κ1) is 18.7. The van der Waals surface area contributed by atoms with Crippen LogP contribution in [0.1, 0.15) is 22.8 Å². The highest BCUT2D eigenvalue weighted by Gasteiger charge is 2.19. The van der Waals surface area contributed by atoms with E-state index in [2.05, 4.69) is 14.8 Å². The number of rotatable bonds is 7. The first-order valence-corrected chi connectivity index (χ1v) is 8.29. The van der Waals surface area contributed by atoms with Gasteiger partial charge in [0.15, 0.2) is 0 Å². The van der Waals surface area contributed by atoms with Crippen LogP contribution in [0.3, 0.4) is 0 Å². The van der Waals surface area contributed by atoms with Crippen molar-refractivity contribution in [2.45, 2.75) is 13.3 Å². The fourth-order valence-corrected chi connectivity index (χ4v) is 2.75. The summed E-state index contributed by atoms with van der Waals surface area (Å²) in [6.45, 7) is 3.76. The van der Waals surface area contributed by atoms with Crippen molar-refractivity contribution in [2.75, 3.05) is 39.1 Å². The number of benzene rings is 1. The summed E-state index contributed by atoms with van der Waals surface area (Å²) < 4.78 is 0. The Kier molecular flexibility index (Phi) is 5.98. The van der Waals surface area contributed by atoms with Crippen LogP contribution in [0.2, 0.25) is 0 Å². The molecule has 2 aromatic rings. The van der Waals surface area contributed by atoms with Crippen LogP contribution in [-0.4, -0.2) is 55.2 Å². The molecule has 0 unspecified atom stereocenters. The molecule has 0 saturated carbocycles. The van der Waals surface area contributed by atoms with Gasteiger partial charge in [-0.2, -0.15) is 0 Å². The second-order valence-corrected chi connectivity index (χ2v) is 6.32. The van der Waals surface area contributed by atoms with Crippen LogP contribution >= 0.6 is 0 Å². The Morgan fingerprint density at radius 1 is 1.12 bits per heavy atom. The lowest BCUT2D eigenvalue weighted by Gasteiger charge is -2.22. The van der Waals surface area contributed by atoms with Gasteiger partial charge in [0.1, 0.15) is 5.56 Å². The Balaban J connectivity index is 2.42. The summed E-state index contributed by atoms with van der Waals surface area (Å²) in [6, 6.07) is 7.66. The number of nitrogens with one attached hydrogen (secondary N) is 1. The molecule has 2 rings (SSSR count). The second-order valence-electron chi connectivity index (χ2n) is 6.32. The predicted octanol–water partition coefficient (Wildman–Crippen LogP) is 2.30. The highest BCUT2D eigenvalue weighted by Crippen LogP contribution is 2.28. The molecule has 0 bridgehead atoms. The van der Waals surface area contributed by atoms with Gasteiger partial charge in [-0.25, -0.2) is 4.79 Å². The summed E-state index contributed by atoms with van der Waals surface area (Å²) in [7, 11) is 6.08. The minimum Gasteiger partial charge on any atom is -0.477 e. The highest BCUT2D eigenvalue weighted by atomic mass is 16.4. The molecule has 1 aromatic carbocycles. The molecule has 0 spiro atoms. The van der Waals surface area contributed by atoms with Gasteiger partial charge in [-0.3, -0.25) is 4.79 Å². The molecule has 0 saturated heterocycles. The molecule has 1 aromatic heterocycles. The van der Waals surface area contributed by atoms with E-state index in [4.69, 9.17) is 0 Å². The van der Waals surface area contributed by atoms with Gasteiger partial charge in [0, 0.05) is 37.6 Å². The Labute approximate surface area is 147 Å². The van der Waals surface area contributed by atoms with Crippen molar-refractivity contribution < 1.29 is 9.90 Å². The minimum absolute atomic E-state index is 0.201. The van der Waals surface area contributed by atoms with Gasteiger partial charge in [-0.05, 0) is 43.8 Å². The fourth-order valence-electron chi connectivity index (χ4n) is 2.75. The van der Waals surface area contributed by atoms with Crippen LogP contribution in [0, 0.1) is 0 Å². The number of aryl methyl sites for hydroxylation is 1. The van der Waals surface area contributed by atoms with Crippen molar-refractivity contribution in [3.8, 4) is 11.1 Å². The maximum absolute atomic E-state index is 12.0. The summed E-state index contributed by atoms with van der Waals surface area (Å²) >= 11 is 0. The molecule has 1 heterocycles. The van der Waals surface area contributed by atoms with Crippen LogP contribution in [0.25, 0.3) is 11.1 Å². The molecular formula is C19H25N3O3. The van der Waals surface area contributed by atoms with Gasteiger partial charge in [-0.15, -0.1) is 0 Å². The highest BCUT2D eigenvalue weighted by molar-refractivity contribution is 5.96. The van der Waals surface area contributed by atoms with Gasteiger partial charge in [0.05, 0.1) is 0 Å². The van der Waals surface area contributed by atoms with Crippen molar-refractivity contribution in [3.63, 3.8) is 0 Å². The van der Waals surface area contributed by atoms with Crippen molar-refractivity contribution >= 4 is 11.7 Å². The summed E-state index contributed by atoms with van der Waals surface area (Å²) in [4.78, 5) is 30.3. The molecule has 25 heavy (non-hydrogen) atoms. The normalized spacial score (nSPS) is 10.9. The predicted molar refractivity (Wildman–Crippen MR) is 101 cm³/mol. The van der Waals surface area contributed by atoms with E-state index < -0.39 is 11.5 Å². The molecule has 134 valence electrons. The number of H-pyrrole nitrogens is 1. The summed E-state index contributed by atoms with van der Waals surface area (Å²) in [5.41, 5.74) is 2.32. The van der Waals surface area contributed by atoms with Crippen molar-refractivity contribution in [1.82, 2.24) is 9.88 Å². The molecule has 0 atom stereocenters. The molecule has 0 amide bonds. The fraction of sp³-hybridized carbons (Fsp3) is 0.368. The van der Waals surface area contributed by atoms with Gasteiger partial charge in [-0.1, -0.05) is 19.1 Å². The van der Waals surface area contributed by atoms with E-state index in [-0.39, 0.29) is 5.56 Å². The Bertz CT molecular complexity index is 795. The monoisotopic (exact) mass is 343 g/mol. The van der Waals surface area contributed by atoms with E-state index in [0.29, 0.717) is 12.0 Å². The lowest BCUT2D eigenvalue weighted by atomic mass is 9.95. The standard InChI is InChI=1S/C19H25N3O3/c1-5-13-12-20-18(23)17(19(24)25)16(13)14-6-8-15(9-7-14)22(4)11-10-21(2)3/h6-9,12H,5,10-11H2,1-4H3,(H,20,23)(H,24,25). The number of hydrogen-bond acceptors (Lipinski definition) is 4. The lowest BCUT2D eigenvalue weighted by molar-refractivity contribution is 0.0695. The summed E-state index contributed by atoms with van der Waals surface area (Å²) in [5, 5.41) is 9.46. The number of likely N-dealkylation sites (N-methyl/N-ethyl adjacent to an activating group) is 2. The number of nitrogens with zero attached hydrogens (tertiary/aromatic N) is 2. The molecule has 0 aliphatic rings. The quantitative estimate of drug-likeness (QED) is 0.807. The van der Waals surface area contributed by atoms with Gasteiger partial charge < -0.3 is 19.9 Å². The van der Waals surface area contributed by atoms with Crippen LogP contribution in [-0.2, 0) is 6.42 Å². The average Bonchev–Trinajstić information content (AvgIpc) is 2.59. The largest absolute Gasteiger partial charge is 0.477 e. The number of aromatic amines is 1. The van der Waals surface area contributed by atoms with Crippen LogP contribution in [0.4, 0.5) is 5.69 Å². The molecular weight excluding hydrogens is 318 g/mol. The maximum atomic E-state index is 12.0. The number of anilines is 1. The molecule has 0 radical (unpaired) electrons. The third-order valence-electron chi connectivity index (χ3n) is 4.25. The van der Waals surface area contributed by atoms with E-state index >= 15 is 0 Å². The zero-order valence-corrected chi connectivity index (χ0v) is 15.2. The minimum atomic E-state index is -1.21. The van der Waals surface area contributed by atoms with Crippen molar-refractivity contribution in [1.29, 1.82) is 0 Å². The SMILES string of the molecule is CCc1c[nH]c(=O)c(C(=O)O)c1-c1ccc(N(C)CCN(C)C)cc1. The number of aromatic nitrogens is 1. The molecule has 0 fully saturated rings. The first-order valence-electron chi connectivity index (χ1n) is 8.29. The van der Waals surface area contributed by atoms with E-state index in [9.17, 15) is 14.7 Å². The number of pyridine rings is 1. The third kappa shape index (κ3) is 4.28. The number of carboxylic acid groups (broad SMARTS) is 1. The Morgan fingerprint density at radius 2 is 1.76 bits per heavy atom. The van der Waals surface area contributed by atoms with Crippen LogP contribution in [0.15, 0.2) is 35.3 Å². The van der Waals surface area contributed by atoms with Crippen LogP contribution < -0.4 is 10.5 Å². The van der Waals surface area contributed by atoms with E-state index in [1.807, 2.05) is 52.3 Å². The first-order chi connectivity index (χ1) is 11.8. The number of aromatic carboxylic acids is 1. The van der Waals surface area contributed by atoms with Gasteiger partial charge in [0.2, 0.25) is 0 Å². The molecule has 6 nitrogen and oxygen atoms in total. The number of carbonyl (C=O) groups is 1. The van der Waals surface area contributed by atoms with Gasteiger partial charge in [0.25, 0.3) is 5.56 Å². The maximum Gasteiger partial charge on any atom is 0.341 e. The Hall–Kier alpha value is -2.60. The average molecular weight is 343 g/mol. The molecule has 2 N–H and O–H groups in total. The smallest absolute Gasteiger partial charge is 0.341 e. The zero-order chi connectivity index (χ0) is 18.6. The third-order valence-corrected chi connectivity index (χ3v) is 4.25. The lowest BCUT2D eigenvalue weighted by Crippen LogP contribution is -2.28. The van der Waals surface area contributed by atoms with E-state index in [1.54, 1.807) is 6.20 Å². The van der Waals surface area contributed by atoms with Gasteiger partial charge >= 0.3 is 5.97 Å². The number of carboxylic acids is 1. The molecule has 0 aliphatic heterocycles. The Morgan fingerprint density at radius 3 is 2.28 bits per heavy atom. The van der Waals surface area contributed by atoms with Crippen LogP contribution in [0.5, 0.6) is 0 Å². The summed E-state index contributed by atoms with van der Waals surface area (Å²) in [5.74, 6) is -1.21. The van der Waals surface area contributed by atoms with Crippen molar-refractivity contribution in [2.24, 2.45) is 0 Å². The molecule has 6 heteroatoms. The number of hydrogen-bond donors (Lipinski definition) is 2. The second kappa shape index (κ2) is 7.98. The molecule has 0 aliphatic carbocycles. The zero-order valence-electron chi connectivity index (χ0n) is 15.2. The van der Waals surface area contributed by atoms with E-state index in [1.165, 1.54) is 0 Å². The van der Waals surface area contributed by atoms with Crippen molar-refractivity contribution in [3.05, 3.63) is 51.9 Å². The summed E-state index contributed by atoms with van der Waals surface area (Å²) in [6.07, 6.45) is 2.23. The topological polar surface area (TPSA) is 76.6 Å². The van der Waals surface area contributed by atoms with E-state index in [0.717, 1.165) is 29.9 Å².